The van der Waals surface area contributed by atoms with Crippen molar-refractivity contribution in [2.75, 3.05) is 19.7 Å². The van der Waals surface area contributed by atoms with Gasteiger partial charge in [0, 0.05) is 12.5 Å². The second kappa shape index (κ2) is 5.55. The highest BCUT2D eigenvalue weighted by molar-refractivity contribution is 6.32. The van der Waals surface area contributed by atoms with Crippen LogP contribution in [0, 0.1) is 5.92 Å². The molecule has 0 aromatic heterocycles. The molecule has 1 N–H and O–H groups in total. The van der Waals surface area contributed by atoms with Crippen molar-refractivity contribution >= 4 is 11.6 Å². The lowest BCUT2D eigenvalue weighted by molar-refractivity contribution is 0.260. The van der Waals surface area contributed by atoms with Crippen molar-refractivity contribution in [2.45, 2.75) is 19.8 Å². The SMILES string of the molecule is CCc1ccc(OCC2CCNC2)c(Cl)c1. The summed E-state index contributed by atoms with van der Waals surface area (Å²) in [6.07, 6.45) is 2.21. The maximum atomic E-state index is 6.15. The normalized spacial score (nSPS) is 20.0. The summed E-state index contributed by atoms with van der Waals surface area (Å²) in [4.78, 5) is 0. The number of aryl methyl sites for hydroxylation is 1. The van der Waals surface area contributed by atoms with Gasteiger partial charge in [-0.2, -0.15) is 0 Å². The molecule has 1 heterocycles. The van der Waals surface area contributed by atoms with Gasteiger partial charge in [0.1, 0.15) is 5.75 Å². The average Bonchev–Trinajstić information content (AvgIpc) is 2.80. The van der Waals surface area contributed by atoms with Crippen LogP contribution < -0.4 is 10.1 Å². The van der Waals surface area contributed by atoms with Crippen LogP contribution in [0.5, 0.6) is 5.75 Å². The zero-order valence-corrected chi connectivity index (χ0v) is 10.4. The van der Waals surface area contributed by atoms with Gasteiger partial charge in [0.25, 0.3) is 0 Å². The van der Waals surface area contributed by atoms with Gasteiger partial charge in [-0.3, -0.25) is 0 Å². The predicted molar refractivity (Wildman–Crippen MR) is 67.3 cm³/mol. The number of halogens is 1. The lowest BCUT2D eigenvalue weighted by Gasteiger charge is -2.12. The van der Waals surface area contributed by atoms with Crippen LogP contribution in [0.25, 0.3) is 0 Å². The molecule has 0 amide bonds. The topological polar surface area (TPSA) is 21.3 Å². The Morgan fingerprint density at radius 2 is 2.38 bits per heavy atom. The lowest BCUT2D eigenvalue weighted by atomic mass is 10.1. The van der Waals surface area contributed by atoms with Gasteiger partial charge in [-0.05, 0) is 37.1 Å². The Kier molecular flexibility index (Phi) is 4.08. The van der Waals surface area contributed by atoms with E-state index in [0.29, 0.717) is 5.92 Å². The fourth-order valence-corrected chi connectivity index (χ4v) is 2.20. The molecule has 1 aromatic carbocycles. The molecule has 1 atom stereocenters. The molecule has 1 aromatic rings. The molecule has 3 heteroatoms. The van der Waals surface area contributed by atoms with E-state index in [1.165, 1.54) is 12.0 Å². The molecule has 0 spiro atoms. The van der Waals surface area contributed by atoms with Crippen molar-refractivity contribution in [3.05, 3.63) is 28.8 Å². The third kappa shape index (κ3) is 2.89. The Bertz CT molecular complexity index is 348. The third-order valence-corrected chi connectivity index (χ3v) is 3.34. The summed E-state index contributed by atoms with van der Waals surface area (Å²) in [6, 6.07) is 6.04. The quantitative estimate of drug-likeness (QED) is 0.873. The van der Waals surface area contributed by atoms with E-state index >= 15 is 0 Å². The van der Waals surface area contributed by atoms with E-state index in [4.69, 9.17) is 16.3 Å². The van der Waals surface area contributed by atoms with Crippen LogP contribution in [0.1, 0.15) is 18.9 Å². The standard InChI is InChI=1S/C13H18ClNO/c1-2-10-3-4-13(12(14)7-10)16-9-11-5-6-15-8-11/h3-4,7,11,15H,2,5-6,8-9H2,1H3. The average molecular weight is 240 g/mol. The zero-order chi connectivity index (χ0) is 11.4. The molecule has 16 heavy (non-hydrogen) atoms. The van der Waals surface area contributed by atoms with Gasteiger partial charge < -0.3 is 10.1 Å². The van der Waals surface area contributed by atoms with E-state index in [2.05, 4.69) is 18.3 Å². The first kappa shape index (κ1) is 11.7. The van der Waals surface area contributed by atoms with Gasteiger partial charge in [-0.25, -0.2) is 0 Å². The molecule has 0 radical (unpaired) electrons. The first-order chi connectivity index (χ1) is 7.79. The summed E-state index contributed by atoms with van der Waals surface area (Å²) in [5, 5.41) is 4.06. The second-order valence-corrected chi connectivity index (χ2v) is 4.70. The monoisotopic (exact) mass is 239 g/mol. The summed E-state index contributed by atoms with van der Waals surface area (Å²) in [6.45, 7) is 5.05. The van der Waals surface area contributed by atoms with Crippen molar-refractivity contribution in [3.63, 3.8) is 0 Å². The summed E-state index contributed by atoms with van der Waals surface area (Å²) < 4.78 is 5.75. The molecule has 1 fully saturated rings. The fraction of sp³-hybridized carbons (Fsp3) is 0.538. The predicted octanol–water partition coefficient (Wildman–Crippen LogP) is 2.89. The van der Waals surface area contributed by atoms with Crippen molar-refractivity contribution in [1.82, 2.24) is 5.32 Å². The molecule has 1 aliphatic heterocycles. The number of nitrogens with one attached hydrogen (secondary N) is 1. The number of hydrogen-bond donors (Lipinski definition) is 1. The van der Waals surface area contributed by atoms with Crippen molar-refractivity contribution in [2.24, 2.45) is 5.92 Å². The molecule has 2 nitrogen and oxygen atoms in total. The van der Waals surface area contributed by atoms with E-state index < -0.39 is 0 Å². The largest absolute Gasteiger partial charge is 0.492 e. The van der Waals surface area contributed by atoms with Crippen LogP contribution in [-0.4, -0.2) is 19.7 Å². The van der Waals surface area contributed by atoms with Crippen LogP contribution in [0.3, 0.4) is 0 Å². The highest BCUT2D eigenvalue weighted by Crippen LogP contribution is 2.26. The molecular formula is C13H18ClNO. The van der Waals surface area contributed by atoms with Crippen LogP contribution in [0.4, 0.5) is 0 Å². The maximum Gasteiger partial charge on any atom is 0.137 e. The molecule has 0 aliphatic carbocycles. The minimum atomic E-state index is 0.627. The molecule has 88 valence electrons. The van der Waals surface area contributed by atoms with Gasteiger partial charge in [0.05, 0.1) is 11.6 Å². The van der Waals surface area contributed by atoms with E-state index in [1.54, 1.807) is 0 Å². The summed E-state index contributed by atoms with van der Waals surface area (Å²) in [5.74, 6) is 1.44. The van der Waals surface area contributed by atoms with Crippen LogP contribution in [0.15, 0.2) is 18.2 Å². The Morgan fingerprint density at radius 3 is 3.00 bits per heavy atom. The van der Waals surface area contributed by atoms with Crippen LogP contribution >= 0.6 is 11.6 Å². The molecule has 0 saturated carbocycles. The Hall–Kier alpha value is -0.730. The van der Waals surface area contributed by atoms with E-state index in [-0.39, 0.29) is 0 Å². The third-order valence-electron chi connectivity index (χ3n) is 3.04. The number of benzene rings is 1. The molecule has 1 unspecified atom stereocenters. The minimum absolute atomic E-state index is 0.627. The second-order valence-electron chi connectivity index (χ2n) is 4.29. The van der Waals surface area contributed by atoms with Crippen molar-refractivity contribution in [3.8, 4) is 5.75 Å². The van der Waals surface area contributed by atoms with Gasteiger partial charge in [0.15, 0.2) is 0 Å². The molecule has 1 saturated heterocycles. The first-order valence-electron chi connectivity index (χ1n) is 5.91. The number of rotatable bonds is 4. The van der Waals surface area contributed by atoms with Gasteiger partial charge >= 0.3 is 0 Å². The minimum Gasteiger partial charge on any atom is -0.492 e. The van der Waals surface area contributed by atoms with E-state index in [1.807, 2.05) is 12.1 Å². The Morgan fingerprint density at radius 1 is 1.50 bits per heavy atom. The maximum absolute atomic E-state index is 6.15. The lowest BCUT2D eigenvalue weighted by Crippen LogP contribution is -2.15. The smallest absolute Gasteiger partial charge is 0.137 e. The highest BCUT2D eigenvalue weighted by Gasteiger charge is 2.15. The van der Waals surface area contributed by atoms with E-state index in [0.717, 1.165) is 36.9 Å². The van der Waals surface area contributed by atoms with Gasteiger partial charge in [-0.15, -0.1) is 0 Å². The van der Waals surface area contributed by atoms with Crippen molar-refractivity contribution in [1.29, 1.82) is 0 Å². The summed E-state index contributed by atoms with van der Waals surface area (Å²) in [5.41, 5.74) is 1.25. The molecular weight excluding hydrogens is 222 g/mol. The fourth-order valence-electron chi connectivity index (χ4n) is 1.95. The molecule has 2 rings (SSSR count). The highest BCUT2D eigenvalue weighted by atomic mass is 35.5. The number of ether oxygens (including phenoxy) is 1. The number of hydrogen-bond acceptors (Lipinski definition) is 2. The zero-order valence-electron chi connectivity index (χ0n) is 9.63. The summed E-state index contributed by atoms with van der Waals surface area (Å²) in [7, 11) is 0. The van der Waals surface area contributed by atoms with Crippen molar-refractivity contribution < 1.29 is 4.74 Å². The first-order valence-corrected chi connectivity index (χ1v) is 6.29. The van der Waals surface area contributed by atoms with Gasteiger partial charge in [-0.1, -0.05) is 24.6 Å². The Labute approximate surface area is 102 Å². The van der Waals surface area contributed by atoms with Crippen LogP contribution in [-0.2, 0) is 6.42 Å². The molecule has 0 bridgehead atoms. The molecule has 1 aliphatic rings. The Balaban J connectivity index is 1.93. The van der Waals surface area contributed by atoms with Gasteiger partial charge in [0.2, 0.25) is 0 Å². The van der Waals surface area contributed by atoms with Crippen LogP contribution in [0.2, 0.25) is 5.02 Å². The summed E-state index contributed by atoms with van der Waals surface area (Å²) >= 11 is 6.15. The van der Waals surface area contributed by atoms with E-state index in [9.17, 15) is 0 Å².